The van der Waals surface area contributed by atoms with Crippen LogP contribution in [0.15, 0.2) is 42.5 Å². The summed E-state index contributed by atoms with van der Waals surface area (Å²) in [6.45, 7) is 0. The molecule has 0 spiro atoms. The molecule has 0 bridgehead atoms. The van der Waals surface area contributed by atoms with Crippen molar-refractivity contribution >= 4 is 43.7 Å². The molecule has 0 radical (unpaired) electrons. The zero-order valence-electron chi connectivity index (χ0n) is 10.2. The minimum absolute atomic E-state index is 0.171. The van der Waals surface area contributed by atoms with Gasteiger partial charge in [0, 0.05) is 10.1 Å². The maximum Gasteiger partial charge on any atom is 0.259 e. The van der Waals surface area contributed by atoms with Crippen molar-refractivity contribution in [3.05, 3.63) is 53.8 Å². The van der Waals surface area contributed by atoms with Crippen LogP contribution in [0.25, 0.3) is 10.1 Å². The summed E-state index contributed by atoms with van der Waals surface area (Å²) in [5.41, 5.74) is 1.77. The number of rotatable bonds is 0. The zero-order valence-corrected chi connectivity index (χ0v) is 11.1. The Morgan fingerprint density at radius 3 is 2.75 bits per heavy atom. The second-order valence-electron chi connectivity index (χ2n) is 4.57. The summed E-state index contributed by atoms with van der Waals surface area (Å²) in [5, 5.41) is 7.63. The molecule has 1 aromatic heterocycles. The monoisotopic (exact) mass is 284 g/mol. The van der Waals surface area contributed by atoms with Gasteiger partial charge in [0.25, 0.3) is 5.91 Å². The van der Waals surface area contributed by atoms with Gasteiger partial charge in [-0.15, -0.1) is 11.3 Å². The van der Waals surface area contributed by atoms with E-state index in [-0.39, 0.29) is 11.7 Å². The van der Waals surface area contributed by atoms with E-state index in [4.69, 9.17) is 0 Å². The van der Waals surface area contributed by atoms with Crippen molar-refractivity contribution in [2.75, 3.05) is 10.6 Å². The molecule has 2 aromatic carbocycles. The average Bonchev–Trinajstić information content (AvgIpc) is 2.73. The maximum absolute atomic E-state index is 13.4. The van der Waals surface area contributed by atoms with Crippen molar-refractivity contribution in [1.29, 1.82) is 0 Å². The molecule has 0 fully saturated rings. The third-order valence-corrected chi connectivity index (χ3v) is 4.39. The van der Waals surface area contributed by atoms with Gasteiger partial charge in [0.2, 0.25) is 0 Å². The summed E-state index contributed by atoms with van der Waals surface area (Å²) in [5.74, 6) is -0.509. The highest BCUT2D eigenvalue weighted by Crippen LogP contribution is 2.41. The molecule has 3 nitrogen and oxygen atoms in total. The lowest BCUT2D eigenvalue weighted by Crippen LogP contribution is -2.10. The Labute approximate surface area is 118 Å². The summed E-state index contributed by atoms with van der Waals surface area (Å²) in [4.78, 5) is 12.4. The predicted molar refractivity (Wildman–Crippen MR) is 79.5 cm³/mol. The first kappa shape index (κ1) is 11.4. The van der Waals surface area contributed by atoms with Crippen LogP contribution in [0.1, 0.15) is 10.4 Å². The Hall–Kier alpha value is -2.40. The molecule has 0 saturated heterocycles. The summed E-state index contributed by atoms with van der Waals surface area (Å²) in [6, 6.07) is 12.0. The minimum Gasteiger partial charge on any atom is -0.345 e. The SMILES string of the molecule is O=C1Nc2ccc(F)cc2Nc2sc3ccccc3c21. The van der Waals surface area contributed by atoms with Gasteiger partial charge in [0.15, 0.2) is 0 Å². The van der Waals surface area contributed by atoms with Gasteiger partial charge in [-0.1, -0.05) is 18.2 Å². The fraction of sp³-hybridized carbons (Fsp3) is 0. The highest BCUT2D eigenvalue weighted by Gasteiger charge is 2.23. The van der Waals surface area contributed by atoms with E-state index in [9.17, 15) is 9.18 Å². The minimum atomic E-state index is -0.338. The van der Waals surface area contributed by atoms with Crippen LogP contribution >= 0.6 is 11.3 Å². The van der Waals surface area contributed by atoms with E-state index < -0.39 is 0 Å². The maximum atomic E-state index is 13.4. The van der Waals surface area contributed by atoms with Crippen molar-refractivity contribution in [3.63, 3.8) is 0 Å². The summed E-state index contributed by atoms with van der Waals surface area (Å²) in [7, 11) is 0. The third kappa shape index (κ3) is 1.60. The van der Waals surface area contributed by atoms with Gasteiger partial charge in [-0.2, -0.15) is 0 Å². The number of hydrogen-bond donors (Lipinski definition) is 2. The van der Waals surface area contributed by atoms with Gasteiger partial charge in [-0.3, -0.25) is 4.79 Å². The quantitative estimate of drug-likeness (QED) is 0.644. The lowest BCUT2D eigenvalue weighted by Gasteiger charge is -2.07. The van der Waals surface area contributed by atoms with Crippen molar-refractivity contribution < 1.29 is 9.18 Å². The van der Waals surface area contributed by atoms with E-state index in [1.54, 1.807) is 6.07 Å². The first-order chi connectivity index (χ1) is 9.72. The van der Waals surface area contributed by atoms with Crippen LogP contribution in [0.5, 0.6) is 0 Å². The number of hydrogen-bond acceptors (Lipinski definition) is 3. The Bertz CT molecular complexity index is 856. The van der Waals surface area contributed by atoms with Gasteiger partial charge in [0.1, 0.15) is 10.8 Å². The number of anilines is 3. The fourth-order valence-corrected chi connectivity index (χ4v) is 3.51. The van der Waals surface area contributed by atoms with E-state index in [1.165, 1.54) is 23.5 Å². The highest BCUT2D eigenvalue weighted by atomic mass is 32.1. The number of carbonyl (C=O) groups is 1. The van der Waals surface area contributed by atoms with Crippen molar-refractivity contribution in [2.24, 2.45) is 0 Å². The molecule has 4 rings (SSSR count). The highest BCUT2D eigenvalue weighted by molar-refractivity contribution is 7.23. The lowest BCUT2D eigenvalue weighted by atomic mass is 10.1. The van der Waals surface area contributed by atoms with Crippen LogP contribution in [0.2, 0.25) is 0 Å². The molecule has 1 aliphatic heterocycles. The molecule has 20 heavy (non-hydrogen) atoms. The summed E-state index contributed by atoms with van der Waals surface area (Å²) in [6.07, 6.45) is 0. The van der Waals surface area contributed by atoms with E-state index >= 15 is 0 Å². The number of amides is 1. The largest absolute Gasteiger partial charge is 0.345 e. The fourth-order valence-electron chi connectivity index (χ4n) is 2.39. The topological polar surface area (TPSA) is 41.1 Å². The molecule has 0 atom stereocenters. The second kappa shape index (κ2) is 4.05. The molecule has 1 amide bonds. The molecular formula is C15H9FN2OS. The molecular weight excluding hydrogens is 275 g/mol. The van der Waals surface area contributed by atoms with Gasteiger partial charge >= 0.3 is 0 Å². The lowest BCUT2D eigenvalue weighted by molar-refractivity contribution is 0.103. The Balaban J connectivity index is 1.98. The van der Waals surface area contributed by atoms with E-state index in [0.29, 0.717) is 16.9 Å². The zero-order chi connectivity index (χ0) is 13.7. The number of carbonyl (C=O) groups excluding carboxylic acids is 1. The molecule has 1 aliphatic rings. The molecule has 0 unspecified atom stereocenters. The van der Waals surface area contributed by atoms with Crippen LogP contribution in [0.3, 0.4) is 0 Å². The van der Waals surface area contributed by atoms with Crippen LogP contribution in [0, 0.1) is 5.82 Å². The Morgan fingerprint density at radius 1 is 1.00 bits per heavy atom. The van der Waals surface area contributed by atoms with Gasteiger partial charge in [-0.05, 0) is 24.3 Å². The number of halogens is 1. The standard InChI is InChI=1S/C15H9FN2OS/c16-8-5-6-10-11(7-8)18-15-13(14(19)17-10)9-3-1-2-4-12(9)20-15/h1-7,18H,(H,17,19). The van der Waals surface area contributed by atoms with Gasteiger partial charge in [-0.25, -0.2) is 4.39 Å². The third-order valence-electron chi connectivity index (χ3n) is 3.30. The van der Waals surface area contributed by atoms with Crippen molar-refractivity contribution in [1.82, 2.24) is 0 Å². The second-order valence-corrected chi connectivity index (χ2v) is 5.62. The summed E-state index contributed by atoms with van der Waals surface area (Å²) >= 11 is 1.49. The smallest absolute Gasteiger partial charge is 0.259 e. The van der Waals surface area contributed by atoms with Gasteiger partial charge in [0.05, 0.1) is 16.9 Å². The normalized spacial score (nSPS) is 13.2. The molecule has 0 saturated carbocycles. The number of thiophene rings is 1. The van der Waals surface area contributed by atoms with Gasteiger partial charge < -0.3 is 10.6 Å². The van der Waals surface area contributed by atoms with Crippen molar-refractivity contribution in [2.45, 2.75) is 0 Å². The number of benzene rings is 2. The molecule has 98 valence electrons. The van der Waals surface area contributed by atoms with Crippen LogP contribution in [-0.2, 0) is 0 Å². The molecule has 2 heterocycles. The molecule has 5 heteroatoms. The van der Waals surface area contributed by atoms with Crippen LogP contribution in [0.4, 0.5) is 20.8 Å². The van der Waals surface area contributed by atoms with E-state index in [0.717, 1.165) is 15.1 Å². The first-order valence-electron chi connectivity index (χ1n) is 6.12. The van der Waals surface area contributed by atoms with Crippen LogP contribution in [-0.4, -0.2) is 5.91 Å². The molecule has 2 N–H and O–H groups in total. The Kier molecular flexibility index (Phi) is 2.31. The molecule has 3 aromatic rings. The van der Waals surface area contributed by atoms with E-state index in [1.807, 2.05) is 24.3 Å². The van der Waals surface area contributed by atoms with Crippen LogP contribution < -0.4 is 10.6 Å². The number of nitrogens with one attached hydrogen (secondary N) is 2. The van der Waals surface area contributed by atoms with Crippen molar-refractivity contribution in [3.8, 4) is 0 Å². The summed E-state index contributed by atoms with van der Waals surface area (Å²) < 4.78 is 14.4. The Morgan fingerprint density at radius 2 is 1.85 bits per heavy atom. The molecule has 0 aliphatic carbocycles. The predicted octanol–water partition coefficient (Wildman–Crippen LogP) is 4.35. The number of fused-ring (bicyclic) bond motifs is 4. The first-order valence-corrected chi connectivity index (χ1v) is 6.93. The van der Waals surface area contributed by atoms with E-state index in [2.05, 4.69) is 10.6 Å². The average molecular weight is 284 g/mol.